The lowest BCUT2D eigenvalue weighted by Gasteiger charge is -2.21. The zero-order chi connectivity index (χ0) is 29.9. The highest BCUT2D eigenvalue weighted by molar-refractivity contribution is 5.84. The molecule has 2 aliphatic rings. The van der Waals surface area contributed by atoms with E-state index in [-0.39, 0.29) is 12.0 Å². The van der Waals surface area contributed by atoms with Gasteiger partial charge in [0.2, 0.25) is 5.95 Å². The van der Waals surface area contributed by atoms with E-state index in [0.717, 1.165) is 25.7 Å². The topological polar surface area (TPSA) is 165 Å². The number of aliphatic hydroxyl groups excluding tert-OH is 1. The minimum absolute atomic E-state index is 0.0552. The Morgan fingerprint density at radius 2 is 1.80 bits per heavy atom. The highest BCUT2D eigenvalue weighted by atomic mass is 16.6. The van der Waals surface area contributed by atoms with E-state index in [0.29, 0.717) is 41.8 Å². The van der Waals surface area contributed by atoms with Crippen LogP contribution in [0.5, 0.6) is 0 Å². The Bertz CT molecular complexity index is 1640. The maximum Gasteiger partial charge on any atom is 0.293 e. The average molecular weight is 596 g/mol. The molecule has 13 nitrogen and oxygen atoms in total. The number of ether oxygens (including phenoxy) is 2. The molecule has 0 bridgehead atoms. The summed E-state index contributed by atoms with van der Waals surface area (Å²) in [5.74, 6) is 1.41. The van der Waals surface area contributed by atoms with E-state index < -0.39 is 24.5 Å². The molecule has 4 heterocycles. The number of carbonyl (C=O) groups excluding carboxylic acids is 1. The van der Waals surface area contributed by atoms with Crippen molar-refractivity contribution in [3.8, 4) is 0 Å². The number of imidazole rings is 1. The maximum absolute atomic E-state index is 11.3. The lowest BCUT2D eigenvalue weighted by molar-refractivity contribution is -0.140. The van der Waals surface area contributed by atoms with Gasteiger partial charge in [0.05, 0.1) is 6.33 Å². The quantitative estimate of drug-likeness (QED) is 0.165. The van der Waals surface area contributed by atoms with E-state index in [1.165, 1.54) is 17.5 Å². The maximum atomic E-state index is 11.3. The van der Waals surface area contributed by atoms with Crippen molar-refractivity contribution in [3.63, 3.8) is 0 Å². The van der Waals surface area contributed by atoms with Gasteiger partial charge in [0.1, 0.15) is 12.4 Å². The molecule has 226 valence electrons. The first-order valence-electron chi connectivity index (χ1n) is 14.8. The van der Waals surface area contributed by atoms with Crippen LogP contribution in [0.2, 0.25) is 0 Å². The molecule has 0 amide bonds. The van der Waals surface area contributed by atoms with Crippen molar-refractivity contribution in [2.24, 2.45) is 0 Å². The number of carbonyl (C=O) groups is 1. The van der Waals surface area contributed by atoms with Crippen LogP contribution in [0.4, 0.5) is 11.8 Å². The Labute approximate surface area is 253 Å². The van der Waals surface area contributed by atoms with Gasteiger partial charge < -0.3 is 30.2 Å². The first-order valence-corrected chi connectivity index (χ1v) is 14.8. The lowest BCUT2D eigenvalue weighted by atomic mass is 9.91. The number of aromatic amines is 1. The van der Waals surface area contributed by atoms with Crippen LogP contribution < -0.4 is 10.6 Å². The largest absolute Gasteiger partial charge is 0.458 e. The molecular formula is C31H33N9O4. The molecule has 3 aromatic heterocycles. The van der Waals surface area contributed by atoms with E-state index in [1.54, 1.807) is 10.9 Å². The van der Waals surface area contributed by atoms with Crippen LogP contribution in [0.15, 0.2) is 73.3 Å². The van der Waals surface area contributed by atoms with Gasteiger partial charge in [0.25, 0.3) is 6.47 Å². The van der Waals surface area contributed by atoms with Crippen LogP contribution in [0, 0.1) is 0 Å². The molecule has 4 N–H and O–H groups in total. The first kappa shape index (κ1) is 27.9. The van der Waals surface area contributed by atoms with Gasteiger partial charge in [0.15, 0.2) is 41.2 Å². The number of nitrogens with zero attached hydrogens (tertiary/aromatic N) is 6. The molecular weight excluding hydrogens is 562 g/mol. The second-order valence-electron chi connectivity index (χ2n) is 11.1. The Balaban J connectivity index is 1.25. The highest BCUT2D eigenvalue weighted by Crippen LogP contribution is 2.40. The van der Waals surface area contributed by atoms with Crippen LogP contribution in [0.1, 0.15) is 60.9 Å². The van der Waals surface area contributed by atoms with E-state index in [9.17, 15) is 9.90 Å². The number of nitrogens with one attached hydrogen (secondary N) is 3. The number of anilines is 2. The number of aliphatic hydroxyl groups is 1. The van der Waals surface area contributed by atoms with Crippen molar-refractivity contribution in [1.82, 2.24) is 34.7 Å². The van der Waals surface area contributed by atoms with Gasteiger partial charge in [-0.1, -0.05) is 73.5 Å². The summed E-state index contributed by atoms with van der Waals surface area (Å²) in [6.45, 7) is 0.847. The number of hydrogen-bond donors (Lipinski definition) is 4. The van der Waals surface area contributed by atoms with Crippen LogP contribution in [-0.4, -0.2) is 71.1 Å². The molecule has 0 unspecified atom stereocenters. The molecule has 13 heteroatoms. The molecule has 1 saturated heterocycles. The second-order valence-corrected chi connectivity index (χ2v) is 11.1. The van der Waals surface area contributed by atoms with Crippen molar-refractivity contribution >= 4 is 29.4 Å². The first-order chi connectivity index (χ1) is 21.7. The van der Waals surface area contributed by atoms with Gasteiger partial charge in [-0.15, -0.1) is 10.2 Å². The van der Waals surface area contributed by atoms with Crippen molar-refractivity contribution in [2.75, 3.05) is 17.2 Å². The fourth-order valence-corrected chi connectivity index (χ4v) is 6.21. The SMILES string of the molecule is O=CO[C@H]1[C@@H](O)[C@H](n2cnc3c(NCC(c4ccccc4)c4ccccc4)nc(NC4CCCC4)nc32)O[C@@H]1c1nnc[nH]1. The van der Waals surface area contributed by atoms with Gasteiger partial charge in [-0.3, -0.25) is 9.36 Å². The van der Waals surface area contributed by atoms with Gasteiger partial charge in [0, 0.05) is 18.5 Å². The van der Waals surface area contributed by atoms with E-state index in [2.05, 4.69) is 55.1 Å². The van der Waals surface area contributed by atoms with Crippen molar-refractivity contribution in [3.05, 3.63) is 90.3 Å². The molecule has 1 aliphatic carbocycles. The molecule has 44 heavy (non-hydrogen) atoms. The van der Waals surface area contributed by atoms with Crippen molar-refractivity contribution < 1.29 is 19.4 Å². The average Bonchev–Trinajstić information content (AvgIpc) is 3.88. The Morgan fingerprint density at radius 3 is 2.45 bits per heavy atom. The molecule has 1 saturated carbocycles. The fraction of sp³-hybridized carbons (Fsp3) is 0.355. The summed E-state index contributed by atoms with van der Waals surface area (Å²) in [5, 5.41) is 26.2. The second kappa shape index (κ2) is 12.4. The molecule has 5 aromatic rings. The number of benzene rings is 2. The zero-order valence-corrected chi connectivity index (χ0v) is 23.9. The number of fused-ring (bicyclic) bond motifs is 1. The predicted octanol–water partition coefficient (Wildman–Crippen LogP) is 3.72. The summed E-state index contributed by atoms with van der Waals surface area (Å²) < 4.78 is 13.1. The van der Waals surface area contributed by atoms with Crippen LogP contribution in [0.25, 0.3) is 11.2 Å². The summed E-state index contributed by atoms with van der Waals surface area (Å²) in [7, 11) is 0. The van der Waals surface area contributed by atoms with E-state index >= 15 is 0 Å². The molecule has 4 atom stereocenters. The predicted molar refractivity (Wildman–Crippen MR) is 161 cm³/mol. The van der Waals surface area contributed by atoms with Gasteiger partial charge in [-0.05, 0) is 24.0 Å². The molecule has 7 rings (SSSR count). The zero-order valence-electron chi connectivity index (χ0n) is 23.9. The number of aromatic nitrogens is 7. The summed E-state index contributed by atoms with van der Waals surface area (Å²) in [6.07, 6.45) is 3.27. The minimum atomic E-state index is -1.23. The van der Waals surface area contributed by atoms with Crippen molar-refractivity contribution in [2.45, 2.75) is 62.2 Å². The van der Waals surface area contributed by atoms with Crippen LogP contribution >= 0.6 is 0 Å². The van der Waals surface area contributed by atoms with Gasteiger partial charge >= 0.3 is 0 Å². The Kier molecular flexibility index (Phi) is 7.86. The third-order valence-corrected chi connectivity index (χ3v) is 8.39. The van der Waals surface area contributed by atoms with Crippen LogP contribution in [-0.2, 0) is 14.3 Å². The summed E-state index contributed by atoms with van der Waals surface area (Å²) in [6, 6.07) is 21.0. The standard InChI is InChI=1S/C31H33N9O4/c41-18-43-25-24(42)30(44-26(25)28-33-16-35-39-28)40-17-34-23-27(37-31(38-29(23)40)36-21-13-7-8-14-21)32-15-22(19-9-3-1-4-10-19)20-11-5-2-6-12-20/h1-6,9-12,16-18,21-22,24-26,30,42H,7-8,13-15H2,(H,33,35,39)(H2,32,36,37,38)/t24-,25+,26+,30-/m1/s1. The highest BCUT2D eigenvalue weighted by Gasteiger charge is 2.49. The summed E-state index contributed by atoms with van der Waals surface area (Å²) in [4.78, 5) is 28.6. The number of rotatable bonds is 11. The van der Waals surface area contributed by atoms with Gasteiger partial charge in [-0.2, -0.15) is 9.97 Å². The number of hydrogen-bond acceptors (Lipinski definition) is 11. The molecule has 0 spiro atoms. The molecule has 2 aromatic carbocycles. The third kappa shape index (κ3) is 5.47. The van der Waals surface area contributed by atoms with Crippen LogP contribution in [0.3, 0.4) is 0 Å². The molecule has 1 aliphatic heterocycles. The third-order valence-electron chi connectivity index (χ3n) is 8.39. The molecule has 2 fully saturated rings. The van der Waals surface area contributed by atoms with E-state index in [1.807, 2.05) is 36.4 Å². The monoisotopic (exact) mass is 595 g/mol. The Hall–Kier alpha value is -4.88. The van der Waals surface area contributed by atoms with E-state index in [4.69, 9.17) is 19.4 Å². The lowest BCUT2D eigenvalue weighted by Crippen LogP contribution is -2.31. The summed E-state index contributed by atoms with van der Waals surface area (Å²) >= 11 is 0. The number of H-pyrrole nitrogens is 1. The van der Waals surface area contributed by atoms with Crippen molar-refractivity contribution in [1.29, 1.82) is 0 Å². The fourth-order valence-electron chi connectivity index (χ4n) is 6.21. The Morgan fingerprint density at radius 1 is 1.07 bits per heavy atom. The smallest absolute Gasteiger partial charge is 0.293 e. The molecule has 0 radical (unpaired) electrons. The minimum Gasteiger partial charge on any atom is -0.458 e. The van der Waals surface area contributed by atoms with Gasteiger partial charge in [-0.25, -0.2) is 4.98 Å². The summed E-state index contributed by atoms with van der Waals surface area (Å²) in [5.41, 5.74) is 3.33. The normalized spacial score (nSPS) is 22.0.